The average molecular weight is 219 g/mol. The van der Waals surface area contributed by atoms with E-state index in [2.05, 4.69) is 4.74 Å². The van der Waals surface area contributed by atoms with Gasteiger partial charge in [-0.3, -0.25) is 9.69 Å². The second kappa shape index (κ2) is 5.58. The number of rotatable bonds is 3. The van der Waals surface area contributed by atoms with Crippen molar-refractivity contribution in [1.29, 1.82) is 0 Å². The van der Waals surface area contributed by atoms with Crippen LogP contribution in [0.4, 0.5) is 0 Å². The zero-order chi connectivity index (χ0) is 10.6. The summed E-state index contributed by atoms with van der Waals surface area (Å²) in [6.45, 7) is 3.31. The average Bonchev–Trinajstić information content (AvgIpc) is 2.19. The van der Waals surface area contributed by atoms with Gasteiger partial charge in [-0.2, -0.15) is 11.8 Å². The zero-order valence-electron chi connectivity index (χ0n) is 8.60. The highest BCUT2D eigenvalue weighted by atomic mass is 32.2. The molecule has 82 valence electrons. The molecule has 0 aliphatic carbocycles. The van der Waals surface area contributed by atoms with Crippen LogP contribution in [0.3, 0.4) is 0 Å². The second-order valence-electron chi connectivity index (χ2n) is 3.36. The van der Waals surface area contributed by atoms with Crippen LogP contribution in [0.5, 0.6) is 0 Å². The second-order valence-corrected chi connectivity index (χ2v) is 4.58. The molecule has 0 spiro atoms. The van der Waals surface area contributed by atoms with Crippen LogP contribution >= 0.6 is 11.8 Å². The van der Waals surface area contributed by atoms with Crippen molar-refractivity contribution in [2.75, 3.05) is 31.7 Å². The van der Waals surface area contributed by atoms with E-state index in [1.54, 1.807) is 6.92 Å². The number of ether oxygens (including phenoxy) is 1. The molecule has 4 nitrogen and oxygen atoms in total. The van der Waals surface area contributed by atoms with E-state index in [9.17, 15) is 9.90 Å². The Balaban J connectivity index is 2.60. The fourth-order valence-electron chi connectivity index (χ4n) is 1.63. The smallest absolute Gasteiger partial charge is 0.325 e. The number of hydrogen-bond acceptors (Lipinski definition) is 5. The molecule has 1 saturated heterocycles. The Kier molecular flexibility index (Phi) is 4.71. The summed E-state index contributed by atoms with van der Waals surface area (Å²) < 4.78 is 4.68. The van der Waals surface area contributed by atoms with Gasteiger partial charge in [0.05, 0.1) is 13.2 Å². The standard InChI is InChI=1S/C9H17NO3S/c1-7(11)8(9(12)13-2)10-3-5-14-6-4-10/h7-8,11H,3-6H2,1-2H3/t7-,8+/m1/s1. The van der Waals surface area contributed by atoms with Gasteiger partial charge in [-0.1, -0.05) is 0 Å². The summed E-state index contributed by atoms with van der Waals surface area (Å²) in [6.07, 6.45) is -0.675. The van der Waals surface area contributed by atoms with Gasteiger partial charge in [-0.15, -0.1) is 0 Å². The third-order valence-electron chi connectivity index (χ3n) is 2.34. The molecule has 1 aliphatic heterocycles. The molecule has 0 aromatic rings. The molecule has 1 aliphatic rings. The van der Waals surface area contributed by atoms with Gasteiger partial charge in [0.15, 0.2) is 0 Å². The molecule has 0 radical (unpaired) electrons. The summed E-state index contributed by atoms with van der Waals surface area (Å²) in [4.78, 5) is 13.4. The predicted octanol–water partition coefficient (Wildman–Crippen LogP) is -0.0424. The highest BCUT2D eigenvalue weighted by molar-refractivity contribution is 7.99. The van der Waals surface area contributed by atoms with Crippen LogP contribution in [0.2, 0.25) is 0 Å². The molecule has 0 amide bonds. The summed E-state index contributed by atoms with van der Waals surface area (Å²) in [5.74, 6) is 1.69. The highest BCUT2D eigenvalue weighted by Gasteiger charge is 2.31. The number of carbonyl (C=O) groups excluding carboxylic acids is 1. The van der Waals surface area contributed by atoms with Gasteiger partial charge in [0, 0.05) is 24.6 Å². The number of hydrogen-bond donors (Lipinski definition) is 1. The Hall–Kier alpha value is -0.260. The molecule has 14 heavy (non-hydrogen) atoms. The number of esters is 1. The van der Waals surface area contributed by atoms with E-state index in [4.69, 9.17) is 0 Å². The molecule has 2 atom stereocenters. The SMILES string of the molecule is COC(=O)[C@H]([C@@H](C)O)N1CCSCC1. The van der Waals surface area contributed by atoms with Gasteiger partial charge in [-0.05, 0) is 6.92 Å². The van der Waals surface area contributed by atoms with Crippen molar-refractivity contribution in [3.8, 4) is 0 Å². The number of thioether (sulfide) groups is 1. The number of methoxy groups -OCH3 is 1. The molecule has 1 fully saturated rings. The van der Waals surface area contributed by atoms with Crippen molar-refractivity contribution in [3.63, 3.8) is 0 Å². The largest absolute Gasteiger partial charge is 0.468 e. The van der Waals surface area contributed by atoms with Crippen LogP contribution in [-0.4, -0.2) is 59.8 Å². The lowest BCUT2D eigenvalue weighted by Crippen LogP contribution is -2.51. The Bertz CT molecular complexity index is 192. The minimum atomic E-state index is -0.675. The van der Waals surface area contributed by atoms with E-state index in [-0.39, 0.29) is 5.97 Å². The third-order valence-corrected chi connectivity index (χ3v) is 3.28. The van der Waals surface area contributed by atoms with Crippen molar-refractivity contribution in [1.82, 2.24) is 4.90 Å². The van der Waals surface area contributed by atoms with E-state index >= 15 is 0 Å². The Labute approximate surface area is 88.6 Å². The molecule has 1 rings (SSSR count). The first kappa shape index (κ1) is 11.8. The maximum absolute atomic E-state index is 11.4. The van der Waals surface area contributed by atoms with E-state index in [1.807, 2.05) is 16.7 Å². The van der Waals surface area contributed by atoms with Gasteiger partial charge >= 0.3 is 5.97 Å². The summed E-state index contributed by atoms with van der Waals surface area (Å²) >= 11 is 1.87. The van der Waals surface area contributed by atoms with Gasteiger partial charge < -0.3 is 9.84 Å². The zero-order valence-corrected chi connectivity index (χ0v) is 9.42. The summed E-state index contributed by atoms with van der Waals surface area (Å²) in [7, 11) is 1.36. The molecule has 0 saturated carbocycles. The maximum atomic E-state index is 11.4. The lowest BCUT2D eigenvalue weighted by atomic mass is 10.1. The fraction of sp³-hybridized carbons (Fsp3) is 0.889. The minimum Gasteiger partial charge on any atom is -0.468 e. The lowest BCUT2D eigenvalue weighted by Gasteiger charge is -2.33. The topological polar surface area (TPSA) is 49.8 Å². The highest BCUT2D eigenvalue weighted by Crippen LogP contribution is 2.15. The van der Waals surface area contributed by atoms with Crippen LogP contribution < -0.4 is 0 Å². The Morgan fingerprint density at radius 3 is 2.50 bits per heavy atom. The number of carbonyl (C=O) groups is 1. The molecule has 0 aromatic carbocycles. The third kappa shape index (κ3) is 2.87. The van der Waals surface area contributed by atoms with E-state index < -0.39 is 12.1 Å². The van der Waals surface area contributed by atoms with Crippen molar-refractivity contribution < 1.29 is 14.6 Å². The lowest BCUT2D eigenvalue weighted by molar-refractivity contribution is -0.151. The predicted molar refractivity (Wildman–Crippen MR) is 56.4 cm³/mol. The normalized spacial score (nSPS) is 22.8. The van der Waals surface area contributed by atoms with Crippen molar-refractivity contribution in [2.24, 2.45) is 0 Å². The molecule has 1 heterocycles. The van der Waals surface area contributed by atoms with E-state index in [0.29, 0.717) is 0 Å². The maximum Gasteiger partial charge on any atom is 0.325 e. The molecule has 0 unspecified atom stereocenters. The Morgan fingerprint density at radius 1 is 1.50 bits per heavy atom. The number of aliphatic hydroxyl groups excluding tert-OH is 1. The molecule has 1 N–H and O–H groups in total. The quantitative estimate of drug-likeness (QED) is 0.675. The first-order valence-corrected chi connectivity index (χ1v) is 5.90. The van der Waals surface area contributed by atoms with Crippen LogP contribution in [0.25, 0.3) is 0 Å². The number of nitrogens with zero attached hydrogens (tertiary/aromatic N) is 1. The summed E-state index contributed by atoms with van der Waals surface area (Å²) in [6, 6.07) is -0.499. The van der Waals surface area contributed by atoms with Gasteiger partial charge in [-0.25, -0.2) is 0 Å². The summed E-state index contributed by atoms with van der Waals surface area (Å²) in [5, 5.41) is 9.52. The van der Waals surface area contributed by atoms with Crippen molar-refractivity contribution in [3.05, 3.63) is 0 Å². The van der Waals surface area contributed by atoms with Crippen molar-refractivity contribution in [2.45, 2.75) is 19.1 Å². The monoisotopic (exact) mass is 219 g/mol. The first-order chi connectivity index (χ1) is 6.66. The van der Waals surface area contributed by atoms with Gasteiger partial charge in [0.25, 0.3) is 0 Å². The van der Waals surface area contributed by atoms with Crippen LogP contribution in [-0.2, 0) is 9.53 Å². The molecule has 5 heteroatoms. The van der Waals surface area contributed by atoms with Crippen LogP contribution in [0, 0.1) is 0 Å². The van der Waals surface area contributed by atoms with E-state index in [1.165, 1.54) is 7.11 Å². The van der Waals surface area contributed by atoms with E-state index in [0.717, 1.165) is 24.6 Å². The minimum absolute atomic E-state index is 0.341. The van der Waals surface area contributed by atoms with Crippen LogP contribution in [0.1, 0.15) is 6.92 Å². The summed E-state index contributed by atoms with van der Waals surface area (Å²) in [5.41, 5.74) is 0. The van der Waals surface area contributed by atoms with Gasteiger partial charge in [0.1, 0.15) is 6.04 Å². The number of aliphatic hydroxyl groups is 1. The fourth-order valence-corrected chi connectivity index (χ4v) is 2.56. The molecular formula is C9H17NO3S. The van der Waals surface area contributed by atoms with Gasteiger partial charge in [0.2, 0.25) is 0 Å². The van der Waals surface area contributed by atoms with Crippen LogP contribution in [0.15, 0.2) is 0 Å². The molecule has 0 aromatic heterocycles. The van der Waals surface area contributed by atoms with Crippen molar-refractivity contribution >= 4 is 17.7 Å². The Morgan fingerprint density at radius 2 is 2.07 bits per heavy atom. The molecule has 0 bridgehead atoms. The first-order valence-electron chi connectivity index (χ1n) is 4.74. The molecular weight excluding hydrogens is 202 g/mol.